The molecular formula is C20H25ClN2O2S. The van der Waals surface area contributed by atoms with Crippen LogP contribution >= 0.6 is 12.4 Å². The van der Waals surface area contributed by atoms with E-state index >= 15 is 0 Å². The first-order valence-corrected chi connectivity index (χ1v) is 10.2. The van der Waals surface area contributed by atoms with Crippen LogP contribution in [0, 0.1) is 0 Å². The highest BCUT2D eigenvalue weighted by molar-refractivity contribution is 7.92. The van der Waals surface area contributed by atoms with Crippen molar-refractivity contribution >= 4 is 28.5 Å². The van der Waals surface area contributed by atoms with Gasteiger partial charge in [0.15, 0.2) is 0 Å². The number of benzene rings is 2. The number of halogens is 1. The molecular weight excluding hydrogens is 368 g/mol. The molecule has 26 heavy (non-hydrogen) atoms. The molecule has 0 saturated carbocycles. The van der Waals surface area contributed by atoms with Crippen molar-refractivity contribution in [1.29, 1.82) is 0 Å². The average molecular weight is 393 g/mol. The topological polar surface area (TPSA) is 49.4 Å². The lowest BCUT2D eigenvalue weighted by atomic mass is 10.1. The van der Waals surface area contributed by atoms with Gasteiger partial charge in [0.2, 0.25) is 10.0 Å². The predicted octanol–water partition coefficient (Wildman–Crippen LogP) is 3.66. The van der Waals surface area contributed by atoms with E-state index in [9.17, 15) is 8.42 Å². The quantitative estimate of drug-likeness (QED) is 0.816. The van der Waals surface area contributed by atoms with Crippen LogP contribution in [0.25, 0.3) is 6.08 Å². The smallest absolute Gasteiger partial charge is 0.233 e. The first kappa shape index (κ1) is 20.6. The van der Waals surface area contributed by atoms with Gasteiger partial charge >= 0.3 is 0 Å². The van der Waals surface area contributed by atoms with E-state index in [2.05, 4.69) is 33.9 Å². The SMILES string of the molecule is Cl.O=S(=O)(C=Cc1ccccc1)NC1CCN(Cc2ccccc2)CC1. The van der Waals surface area contributed by atoms with Crippen LogP contribution in [0.1, 0.15) is 24.0 Å². The van der Waals surface area contributed by atoms with Gasteiger partial charge in [-0.25, -0.2) is 13.1 Å². The van der Waals surface area contributed by atoms with Crippen LogP contribution < -0.4 is 4.72 Å². The van der Waals surface area contributed by atoms with Gasteiger partial charge in [0.05, 0.1) is 0 Å². The minimum atomic E-state index is -3.40. The Morgan fingerprint density at radius 1 is 0.962 bits per heavy atom. The Labute approximate surface area is 162 Å². The molecule has 4 nitrogen and oxygen atoms in total. The van der Waals surface area contributed by atoms with Crippen LogP contribution in [0.3, 0.4) is 0 Å². The summed E-state index contributed by atoms with van der Waals surface area (Å²) in [6.07, 6.45) is 3.31. The van der Waals surface area contributed by atoms with Crippen LogP contribution in [0.15, 0.2) is 66.1 Å². The van der Waals surface area contributed by atoms with E-state index in [1.807, 2.05) is 36.4 Å². The van der Waals surface area contributed by atoms with Gasteiger partial charge in [-0.3, -0.25) is 4.90 Å². The largest absolute Gasteiger partial charge is 0.299 e. The van der Waals surface area contributed by atoms with Gasteiger partial charge < -0.3 is 0 Å². The molecule has 1 N–H and O–H groups in total. The van der Waals surface area contributed by atoms with Crippen molar-refractivity contribution < 1.29 is 8.42 Å². The third-order valence-corrected chi connectivity index (χ3v) is 5.56. The summed E-state index contributed by atoms with van der Waals surface area (Å²) in [7, 11) is -3.40. The second-order valence-electron chi connectivity index (χ2n) is 6.41. The first-order chi connectivity index (χ1) is 12.1. The molecule has 6 heteroatoms. The molecule has 1 saturated heterocycles. The zero-order chi connectivity index (χ0) is 17.5. The second kappa shape index (κ2) is 9.88. The minimum Gasteiger partial charge on any atom is -0.299 e. The maximum Gasteiger partial charge on any atom is 0.233 e. The molecule has 0 radical (unpaired) electrons. The van der Waals surface area contributed by atoms with Crippen LogP contribution in [0.5, 0.6) is 0 Å². The Morgan fingerprint density at radius 2 is 1.54 bits per heavy atom. The van der Waals surface area contributed by atoms with Gasteiger partial charge in [0.1, 0.15) is 0 Å². The van der Waals surface area contributed by atoms with Gasteiger partial charge in [0.25, 0.3) is 0 Å². The molecule has 0 bridgehead atoms. The molecule has 0 aromatic heterocycles. The number of rotatable bonds is 6. The van der Waals surface area contributed by atoms with Crippen molar-refractivity contribution in [2.24, 2.45) is 0 Å². The molecule has 1 aliphatic heterocycles. The summed E-state index contributed by atoms with van der Waals surface area (Å²) in [5.74, 6) is 0. The van der Waals surface area contributed by atoms with Gasteiger partial charge in [-0.15, -0.1) is 12.4 Å². The standard InChI is InChI=1S/C20H24N2O2S.ClH/c23-25(24,16-13-18-7-3-1-4-8-18)21-20-11-14-22(15-12-20)17-19-9-5-2-6-10-19;/h1-10,13,16,20-21H,11-12,14-15,17H2;1H. The zero-order valence-corrected chi connectivity index (χ0v) is 16.3. The number of piperidine rings is 1. The minimum absolute atomic E-state index is 0. The van der Waals surface area contributed by atoms with E-state index in [4.69, 9.17) is 0 Å². The number of sulfonamides is 1. The lowest BCUT2D eigenvalue weighted by molar-refractivity contribution is 0.200. The van der Waals surface area contributed by atoms with Crippen molar-refractivity contribution in [2.45, 2.75) is 25.4 Å². The molecule has 1 heterocycles. The van der Waals surface area contributed by atoms with Crippen molar-refractivity contribution in [2.75, 3.05) is 13.1 Å². The fourth-order valence-electron chi connectivity index (χ4n) is 3.05. The van der Waals surface area contributed by atoms with Gasteiger partial charge in [-0.1, -0.05) is 60.7 Å². The molecule has 0 aliphatic carbocycles. The van der Waals surface area contributed by atoms with Crippen molar-refractivity contribution in [1.82, 2.24) is 9.62 Å². The van der Waals surface area contributed by atoms with E-state index in [0.29, 0.717) is 0 Å². The summed E-state index contributed by atoms with van der Waals surface area (Å²) < 4.78 is 27.3. The monoisotopic (exact) mass is 392 g/mol. The fraction of sp³-hybridized carbons (Fsp3) is 0.300. The molecule has 0 spiro atoms. The summed E-state index contributed by atoms with van der Waals surface area (Å²) in [5.41, 5.74) is 2.18. The molecule has 0 unspecified atom stereocenters. The average Bonchev–Trinajstić information content (AvgIpc) is 2.63. The third kappa shape index (κ3) is 6.57. The number of nitrogens with one attached hydrogen (secondary N) is 1. The highest BCUT2D eigenvalue weighted by atomic mass is 35.5. The van der Waals surface area contributed by atoms with E-state index < -0.39 is 10.0 Å². The highest BCUT2D eigenvalue weighted by Crippen LogP contribution is 2.15. The molecule has 0 atom stereocenters. The molecule has 2 aromatic rings. The summed E-state index contributed by atoms with van der Waals surface area (Å²) in [5, 5.41) is 1.26. The van der Waals surface area contributed by atoms with E-state index in [-0.39, 0.29) is 18.4 Å². The van der Waals surface area contributed by atoms with Crippen molar-refractivity contribution in [3.8, 4) is 0 Å². The Morgan fingerprint density at radius 3 is 2.15 bits per heavy atom. The van der Waals surface area contributed by atoms with E-state index in [0.717, 1.165) is 38.0 Å². The summed E-state index contributed by atoms with van der Waals surface area (Å²) >= 11 is 0. The third-order valence-electron chi connectivity index (χ3n) is 4.41. The van der Waals surface area contributed by atoms with Crippen LogP contribution in [-0.2, 0) is 16.6 Å². The molecule has 1 fully saturated rings. The van der Waals surface area contributed by atoms with Gasteiger partial charge in [-0.05, 0) is 30.0 Å². The molecule has 2 aromatic carbocycles. The number of nitrogens with zero attached hydrogens (tertiary/aromatic N) is 1. The van der Waals surface area contributed by atoms with Crippen LogP contribution in [0.4, 0.5) is 0 Å². The van der Waals surface area contributed by atoms with Crippen molar-refractivity contribution in [3.05, 3.63) is 77.2 Å². The second-order valence-corrected chi connectivity index (χ2v) is 8.01. The molecule has 0 amide bonds. The van der Waals surface area contributed by atoms with E-state index in [1.165, 1.54) is 11.0 Å². The predicted molar refractivity (Wildman–Crippen MR) is 110 cm³/mol. The summed E-state index contributed by atoms with van der Waals surface area (Å²) in [6.45, 7) is 2.74. The van der Waals surface area contributed by atoms with Crippen LogP contribution in [0.2, 0.25) is 0 Å². The van der Waals surface area contributed by atoms with Crippen LogP contribution in [-0.4, -0.2) is 32.4 Å². The molecule has 3 rings (SSSR count). The normalized spacial score (nSPS) is 16.5. The van der Waals surface area contributed by atoms with E-state index in [1.54, 1.807) is 6.08 Å². The first-order valence-electron chi connectivity index (χ1n) is 8.62. The Balaban J connectivity index is 0.00000243. The number of hydrogen-bond acceptors (Lipinski definition) is 3. The Bertz CT molecular complexity index is 787. The van der Waals surface area contributed by atoms with Gasteiger partial charge in [0, 0.05) is 31.1 Å². The zero-order valence-electron chi connectivity index (χ0n) is 14.6. The molecule has 140 valence electrons. The summed E-state index contributed by atoms with van der Waals surface area (Å²) in [6, 6.07) is 19.8. The maximum absolute atomic E-state index is 12.2. The Kier molecular flexibility index (Phi) is 7.85. The number of hydrogen-bond donors (Lipinski definition) is 1. The highest BCUT2D eigenvalue weighted by Gasteiger charge is 2.22. The number of likely N-dealkylation sites (tertiary alicyclic amines) is 1. The maximum atomic E-state index is 12.2. The molecule has 1 aliphatic rings. The van der Waals surface area contributed by atoms with Crippen molar-refractivity contribution in [3.63, 3.8) is 0 Å². The fourth-order valence-corrected chi connectivity index (χ4v) is 4.17. The summed E-state index contributed by atoms with van der Waals surface area (Å²) in [4.78, 5) is 2.37. The lowest BCUT2D eigenvalue weighted by Gasteiger charge is -2.31. The van der Waals surface area contributed by atoms with Gasteiger partial charge in [-0.2, -0.15) is 0 Å². The Hall–Kier alpha value is -1.66. The lowest BCUT2D eigenvalue weighted by Crippen LogP contribution is -2.43.